The van der Waals surface area contributed by atoms with Crippen LogP contribution in [-0.2, 0) is 11.8 Å². The van der Waals surface area contributed by atoms with Crippen LogP contribution >= 0.6 is 0 Å². The number of nitrogens with zero attached hydrogens (tertiary/aromatic N) is 2. The van der Waals surface area contributed by atoms with E-state index in [-0.39, 0.29) is 11.8 Å². The lowest BCUT2D eigenvalue weighted by Crippen LogP contribution is -2.29. The third kappa shape index (κ3) is 3.51. The average molecular weight is 361 g/mol. The van der Waals surface area contributed by atoms with Crippen LogP contribution in [0.5, 0.6) is 0 Å². The van der Waals surface area contributed by atoms with Crippen molar-refractivity contribution in [2.24, 2.45) is 7.05 Å². The van der Waals surface area contributed by atoms with Crippen LogP contribution in [0.3, 0.4) is 0 Å². The summed E-state index contributed by atoms with van der Waals surface area (Å²) in [6, 6.07) is 19.1. The molecule has 0 spiro atoms. The van der Waals surface area contributed by atoms with Gasteiger partial charge < -0.3 is 9.47 Å². The molecule has 1 amide bonds. The van der Waals surface area contributed by atoms with Crippen molar-refractivity contribution in [1.82, 2.24) is 9.47 Å². The lowest BCUT2D eigenvalue weighted by Gasteiger charge is -2.26. The van der Waals surface area contributed by atoms with Crippen LogP contribution in [0, 0.1) is 0 Å². The highest BCUT2D eigenvalue weighted by molar-refractivity contribution is 5.86. The molecule has 0 N–H and O–H groups in total. The molecule has 4 rings (SSSR count). The highest BCUT2D eigenvalue weighted by Gasteiger charge is 2.29. The van der Waals surface area contributed by atoms with Crippen LogP contribution in [0.25, 0.3) is 10.9 Å². The Kier molecular flexibility index (Phi) is 5.02. The molecule has 0 saturated carbocycles. The molecule has 2 atom stereocenters. The van der Waals surface area contributed by atoms with Crippen molar-refractivity contribution in [3.05, 3.63) is 71.9 Å². The lowest BCUT2D eigenvalue weighted by molar-refractivity contribution is -0.130. The van der Waals surface area contributed by atoms with Crippen LogP contribution < -0.4 is 0 Å². The molecule has 27 heavy (non-hydrogen) atoms. The zero-order chi connectivity index (χ0) is 18.8. The second-order valence-corrected chi connectivity index (χ2v) is 7.81. The normalized spacial score (nSPS) is 16.6. The van der Waals surface area contributed by atoms with Gasteiger partial charge in [0.25, 0.3) is 0 Å². The van der Waals surface area contributed by atoms with E-state index in [1.165, 1.54) is 22.0 Å². The Hall–Kier alpha value is -2.55. The van der Waals surface area contributed by atoms with Crippen molar-refractivity contribution in [1.29, 1.82) is 0 Å². The fourth-order valence-electron chi connectivity index (χ4n) is 4.50. The zero-order valence-electron chi connectivity index (χ0n) is 16.3. The standard InChI is InChI=1S/C24H28N2O/c1-18(19-10-4-3-5-11-19)21(16-24(27)26-14-8-9-15-26)22-17-25(2)23-13-7-6-12-20(22)23/h3-7,10-13,17-18,21H,8-9,14-16H2,1-2H3/t18-,21+/m0/s1. The number of aryl methyl sites for hydroxylation is 1. The molecule has 0 unspecified atom stereocenters. The fourth-order valence-corrected chi connectivity index (χ4v) is 4.50. The van der Waals surface area contributed by atoms with E-state index in [9.17, 15) is 4.79 Å². The molecular formula is C24H28N2O. The minimum Gasteiger partial charge on any atom is -0.350 e. The Morgan fingerprint density at radius 2 is 1.67 bits per heavy atom. The van der Waals surface area contributed by atoms with Gasteiger partial charge in [0, 0.05) is 49.6 Å². The van der Waals surface area contributed by atoms with Gasteiger partial charge in [-0.15, -0.1) is 0 Å². The molecule has 1 aliphatic heterocycles. The third-order valence-electron chi connectivity index (χ3n) is 6.11. The number of carbonyl (C=O) groups excluding carboxylic acids is 1. The molecule has 1 fully saturated rings. The Bertz CT molecular complexity index is 922. The first-order valence-corrected chi connectivity index (χ1v) is 10.0. The van der Waals surface area contributed by atoms with E-state index < -0.39 is 0 Å². The first-order chi connectivity index (χ1) is 13.1. The summed E-state index contributed by atoms with van der Waals surface area (Å²) in [5.41, 5.74) is 3.81. The summed E-state index contributed by atoms with van der Waals surface area (Å²) in [7, 11) is 2.10. The molecule has 0 aliphatic carbocycles. The van der Waals surface area contributed by atoms with Crippen molar-refractivity contribution in [3.63, 3.8) is 0 Å². The number of carbonyl (C=O) groups is 1. The van der Waals surface area contributed by atoms with E-state index in [2.05, 4.69) is 84.2 Å². The lowest BCUT2D eigenvalue weighted by atomic mass is 9.80. The molecule has 0 radical (unpaired) electrons. The van der Waals surface area contributed by atoms with Crippen molar-refractivity contribution < 1.29 is 4.79 Å². The number of hydrogen-bond donors (Lipinski definition) is 0. The number of benzene rings is 2. The third-order valence-corrected chi connectivity index (χ3v) is 6.11. The molecule has 1 aromatic heterocycles. The van der Waals surface area contributed by atoms with E-state index in [0.29, 0.717) is 12.3 Å². The second kappa shape index (κ2) is 7.59. The second-order valence-electron chi connectivity index (χ2n) is 7.81. The fraction of sp³-hybridized carbons (Fsp3) is 0.375. The minimum atomic E-state index is 0.173. The number of aromatic nitrogens is 1. The van der Waals surface area contributed by atoms with Gasteiger partial charge in [-0.1, -0.05) is 55.5 Å². The van der Waals surface area contributed by atoms with Crippen LogP contribution in [0.1, 0.15) is 49.1 Å². The molecule has 1 aliphatic rings. The van der Waals surface area contributed by atoms with Crippen molar-refractivity contribution in [2.45, 2.75) is 38.0 Å². The molecule has 3 nitrogen and oxygen atoms in total. The van der Waals surface area contributed by atoms with Gasteiger partial charge >= 0.3 is 0 Å². The van der Waals surface area contributed by atoms with E-state index in [0.717, 1.165) is 25.9 Å². The van der Waals surface area contributed by atoms with E-state index in [1.807, 2.05) is 0 Å². The molecule has 1 saturated heterocycles. The number of rotatable bonds is 5. The predicted octanol–water partition coefficient (Wildman–Crippen LogP) is 5.08. The Morgan fingerprint density at radius 1 is 1.00 bits per heavy atom. The maximum Gasteiger partial charge on any atom is 0.223 e. The Morgan fingerprint density at radius 3 is 2.41 bits per heavy atom. The molecule has 3 aromatic rings. The van der Waals surface area contributed by atoms with E-state index in [1.54, 1.807) is 0 Å². The molecule has 0 bridgehead atoms. The van der Waals surface area contributed by atoms with Gasteiger partial charge in [-0.3, -0.25) is 4.79 Å². The van der Waals surface area contributed by atoms with Crippen molar-refractivity contribution >= 4 is 16.8 Å². The van der Waals surface area contributed by atoms with Gasteiger partial charge in [0.2, 0.25) is 5.91 Å². The van der Waals surface area contributed by atoms with E-state index >= 15 is 0 Å². The largest absolute Gasteiger partial charge is 0.350 e. The Labute approximate surface area is 161 Å². The van der Waals surface area contributed by atoms with Crippen LogP contribution in [0.4, 0.5) is 0 Å². The highest BCUT2D eigenvalue weighted by atomic mass is 16.2. The summed E-state index contributed by atoms with van der Waals surface area (Å²) in [6.07, 6.45) is 5.08. The van der Waals surface area contributed by atoms with Crippen LogP contribution in [-0.4, -0.2) is 28.5 Å². The SMILES string of the molecule is C[C@@H](c1ccccc1)[C@@H](CC(=O)N1CCCC1)c1cn(C)c2ccccc12. The number of fused-ring (bicyclic) bond motifs is 1. The molecule has 2 heterocycles. The van der Waals surface area contributed by atoms with Crippen molar-refractivity contribution in [2.75, 3.05) is 13.1 Å². The summed E-state index contributed by atoms with van der Waals surface area (Å²) in [4.78, 5) is 15.1. The zero-order valence-corrected chi connectivity index (χ0v) is 16.3. The summed E-state index contributed by atoms with van der Waals surface area (Å²) in [5, 5.41) is 1.27. The van der Waals surface area contributed by atoms with Gasteiger partial charge in [-0.25, -0.2) is 0 Å². The van der Waals surface area contributed by atoms with Gasteiger partial charge in [0.05, 0.1) is 0 Å². The van der Waals surface area contributed by atoms with E-state index in [4.69, 9.17) is 0 Å². The Balaban J connectivity index is 1.74. The molecule has 2 aromatic carbocycles. The number of hydrogen-bond acceptors (Lipinski definition) is 1. The first kappa shape index (κ1) is 17.8. The maximum absolute atomic E-state index is 13.0. The molecule has 3 heteroatoms. The minimum absolute atomic E-state index is 0.173. The smallest absolute Gasteiger partial charge is 0.223 e. The predicted molar refractivity (Wildman–Crippen MR) is 111 cm³/mol. The van der Waals surface area contributed by atoms with Gasteiger partial charge in [-0.2, -0.15) is 0 Å². The quantitative estimate of drug-likeness (QED) is 0.623. The summed E-state index contributed by atoms with van der Waals surface area (Å²) in [5.74, 6) is 0.753. The topological polar surface area (TPSA) is 25.2 Å². The number of para-hydroxylation sites is 1. The monoisotopic (exact) mass is 360 g/mol. The first-order valence-electron chi connectivity index (χ1n) is 10.0. The van der Waals surface area contributed by atoms with Gasteiger partial charge in [-0.05, 0) is 36.0 Å². The highest BCUT2D eigenvalue weighted by Crippen LogP contribution is 2.40. The summed E-state index contributed by atoms with van der Waals surface area (Å²) < 4.78 is 2.19. The molecule has 140 valence electrons. The van der Waals surface area contributed by atoms with Crippen LogP contribution in [0.2, 0.25) is 0 Å². The summed E-state index contributed by atoms with van der Waals surface area (Å²) in [6.45, 7) is 4.10. The number of amides is 1. The van der Waals surface area contributed by atoms with Crippen molar-refractivity contribution in [3.8, 4) is 0 Å². The summed E-state index contributed by atoms with van der Waals surface area (Å²) >= 11 is 0. The maximum atomic E-state index is 13.0. The molecular weight excluding hydrogens is 332 g/mol. The van der Waals surface area contributed by atoms with Crippen LogP contribution in [0.15, 0.2) is 60.8 Å². The van der Waals surface area contributed by atoms with Gasteiger partial charge in [0.1, 0.15) is 0 Å². The number of likely N-dealkylation sites (tertiary alicyclic amines) is 1. The van der Waals surface area contributed by atoms with Gasteiger partial charge in [0.15, 0.2) is 0 Å². The average Bonchev–Trinajstić information content (AvgIpc) is 3.35.